The van der Waals surface area contributed by atoms with Gasteiger partial charge >= 0.3 is 0 Å². The van der Waals surface area contributed by atoms with Gasteiger partial charge in [-0.05, 0) is 70.7 Å². The van der Waals surface area contributed by atoms with Crippen molar-refractivity contribution in [1.82, 2.24) is 0 Å². The van der Waals surface area contributed by atoms with Crippen molar-refractivity contribution in [2.45, 2.75) is 13.3 Å². The maximum absolute atomic E-state index is 9.22. The van der Waals surface area contributed by atoms with E-state index in [0.29, 0.717) is 6.42 Å². The minimum Gasteiger partial charge on any atom is -0.497 e. The number of allylic oxidation sites excluding steroid dienone is 3. The van der Waals surface area contributed by atoms with Gasteiger partial charge in [-0.3, -0.25) is 0 Å². The lowest BCUT2D eigenvalue weighted by molar-refractivity contribution is 0.414. The molecule has 25 heavy (non-hydrogen) atoms. The summed E-state index contributed by atoms with van der Waals surface area (Å²) in [5.74, 6) is 0.818. The van der Waals surface area contributed by atoms with Crippen molar-refractivity contribution < 1.29 is 4.74 Å². The molecule has 0 fully saturated rings. The lowest BCUT2D eigenvalue weighted by Gasteiger charge is -2.12. The van der Waals surface area contributed by atoms with E-state index in [1.807, 2.05) is 26.2 Å². The lowest BCUT2D eigenvalue weighted by atomic mass is 10.0. The van der Waals surface area contributed by atoms with Crippen LogP contribution < -0.4 is 9.64 Å². The molecule has 0 N–H and O–H groups in total. The molecule has 3 heteroatoms. The Kier molecular flexibility index (Phi) is 4.63. The minimum absolute atomic E-state index is 0.406. The Morgan fingerprint density at radius 3 is 2.40 bits per heavy atom. The highest BCUT2D eigenvalue weighted by molar-refractivity contribution is 6.05. The van der Waals surface area contributed by atoms with E-state index in [0.717, 1.165) is 22.4 Å². The Bertz CT molecular complexity index is 897. The van der Waals surface area contributed by atoms with E-state index >= 15 is 0 Å². The van der Waals surface area contributed by atoms with Crippen molar-refractivity contribution in [3.05, 3.63) is 64.7 Å². The first-order valence-corrected chi connectivity index (χ1v) is 8.30. The lowest BCUT2D eigenvalue weighted by Crippen LogP contribution is -2.07. The molecule has 126 valence electrons. The summed E-state index contributed by atoms with van der Waals surface area (Å²) in [5, 5.41) is 9.22. The summed E-state index contributed by atoms with van der Waals surface area (Å²) in [6.45, 7) is 2.10. The topological polar surface area (TPSA) is 36.3 Å². The van der Waals surface area contributed by atoms with Gasteiger partial charge in [0.05, 0.1) is 19.6 Å². The number of methoxy groups -OCH3 is 1. The van der Waals surface area contributed by atoms with Crippen LogP contribution in [0.15, 0.2) is 48.0 Å². The summed E-state index contributed by atoms with van der Waals surface area (Å²) >= 11 is 0. The Labute approximate surface area is 149 Å². The number of nitrogens with zero attached hydrogens (tertiary/aromatic N) is 2. The third kappa shape index (κ3) is 3.16. The maximum atomic E-state index is 9.22. The fourth-order valence-electron chi connectivity index (χ4n) is 3.23. The Hall–Kier alpha value is -2.99. The van der Waals surface area contributed by atoms with Crippen molar-refractivity contribution in [2.24, 2.45) is 0 Å². The number of fused-ring (bicyclic) bond motifs is 1. The molecule has 0 aliphatic heterocycles. The number of hydrogen-bond donors (Lipinski definition) is 0. The molecule has 0 bridgehead atoms. The monoisotopic (exact) mass is 330 g/mol. The second kappa shape index (κ2) is 6.86. The van der Waals surface area contributed by atoms with Crippen molar-refractivity contribution >= 4 is 22.9 Å². The summed E-state index contributed by atoms with van der Waals surface area (Å²) in [7, 11) is 5.74. The maximum Gasteiger partial charge on any atom is 0.119 e. The van der Waals surface area contributed by atoms with Crippen molar-refractivity contribution in [3.8, 4) is 11.8 Å². The molecule has 0 unspecified atom stereocenters. The number of rotatable bonds is 4. The molecule has 2 aromatic carbocycles. The minimum atomic E-state index is 0.406. The molecule has 0 spiro atoms. The molecule has 2 aromatic rings. The zero-order chi connectivity index (χ0) is 18.0. The Morgan fingerprint density at radius 1 is 1.08 bits per heavy atom. The van der Waals surface area contributed by atoms with Gasteiger partial charge in [-0.25, -0.2) is 0 Å². The first kappa shape index (κ1) is 16.9. The average molecular weight is 330 g/mol. The number of anilines is 1. The van der Waals surface area contributed by atoms with E-state index in [4.69, 9.17) is 4.74 Å². The fourth-order valence-corrected chi connectivity index (χ4v) is 3.23. The molecule has 0 heterocycles. The van der Waals surface area contributed by atoms with E-state index in [2.05, 4.69) is 54.3 Å². The molecule has 1 aliphatic carbocycles. The molecule has 0 saturated carbocycles. The van der Waals surface area contributed by atoms with E-state index in [9.17, 15) is 5.26 Å². The molecule has 0 atom stereocenters. The normalized spacial score (nSPS) is 14.4. The molecular formula is C22H22N2O. The van der Waals surface area contributed by atoms with Gasteiger partial charge in [0.15, 0.2) is 0 Å². The van der Waals surface area contributed by atoms with Gasteiger partial charge in [0.25, 0.3) is 0 Å². The van der Waals surface area contributed by atoms with Crippen LogP contribution in [0.3, 0.4) is 0 Å². The highest BCUT2D eigenvalue weighted by Crippen LogP contribution is 2.44. The smallest absolute Gasteiger partial charge is 0.119 e. The van der Waals surface area contributed by atoms with Crippen LogP contribution in [0.1, 0.15) is 30.0 Å². The van der Waals surface area contributed by atoms with Crippen LogP contribution in [-0.4, -0.2) is 21.2 Å². The molecule has 1 aliphatic rings. The second-order valence-corrected chi connectivity index (χ2v) is 6.39. The molecule has 0 aromatic heterocycles. The standard InChI is InChI=1S/C22H22N2O/c1-15-19(11-12-23)22-14-18(25-4)9-10-20(22)21(15)13-16-5-7-17(8-6-16)24(2)3/h5-10,13-14H,11H2,1-4H3. The van der Waals surface area contributed by atoms with Crippen LogP contribution in [0, 0.1) is 11.3 Å². The van der Waals surface area contributed by atoms with Crippen molar-refractivity contribution in [1.29, 1.82) is 5.26 Å². The van der Waals surface area contributed by atoms with Crippen molar-refractivity contribution in [2.75, 3.05) is 26.1 Å². The fraction of sp³-hybridized carbons (Fsp3) is 0.227. The summed E-state index contributed by atoms with van der Waals surface area (Å²) in [5.41, 5.74) is 8.04. The number of benzene rings is 2. The van der Waals surface area contributed by atoms with Gasteiger partial charge in [0.2, 0.25) is 0 Å². The summed E-state index contributed by atoms with van der Waals surface area (Å²) in [6, 6.07) is 16.9. The van der Waals surface area contributed by atoms with Crippen LogP contribution >= 0.6 is 0 Å². The van der Waals surface area contributed by atoms with E-state index in [1.54, 1.807) is 7.11 Å². The van der Waals surface area contributed by atoms with Gasteiger partial charge in [-0.15, -0.1) is 0 Å². The summed E-state index contributed by atoms with van der Waals surface area (Å²) < 4.78 is 5.36. The van der Waals surface area contributed by atoms with Gasteiger partial charge in [-0.1, -0.05) is 18.2 Å². The van der Waals surface area contributed by atoms with Gasteiger partial charge in [0.1, 0.15) is 5.75 Å². The highest BCUT2D eigenvalue weighted by Gasteiger charge is 2.23. The average Bonchev–Trinajstić information content (AvgIpc) is 2.87. The molecule has 3 nitrogen and oxygen atoms in total. The molecule has 0 radical (unpaired) electrons. The quantitative estimate of drug-likeness (QED) is 0.791. The number of hydrogen-bond acceptors (Lipinski definition) is 3. The summed E-state index contributed by atoms with van der Waals surface area (Å²) in [6.07, 6.45) is 2.60. The zero-order valence-electron chi connectivity index (χ0n) is 15.1. The Balaban J connectivity index is 2.08. The number of ether oxygens (including phenoxy) is 1. The van der Waals surface area contributed by atoms with Crippen LogP contribution in [0.5, 0.6) is 5.75 Å². The first-order chi connectivity index (χ1) is 12.0. The Morgan fingerprint density at radius 2 is 1.80 bits per heavy atom. The first-order valence-electron chi connectivity index (χ1n) is 8.30. The van der Waals surface area contributed by atoms with Gasteiger partial charge in [0, 0.05) is 19.8 Å². The van der Waals surface area contributed by atoms with Gasteiger partial charge in [-0.2, -0.15) is 5.26 Å². The molecular weight excluding hydrogens is 308 g/mol. The van der Waals surface area contributed by atoms with Crippen LogP contribution in [0.25, 0.3) is 17.2 Å². The zero-order valence-corrected chi connectivity index (χ0v) is 15.1. The summed E-state index contributed by atoms with van der Waals surface area (Å²) in [4.78, 5) is 2.09. The second-order valence-electron chi connectivity index (χ2n) is 6.39. The van der Waals surface area contributed by atoms with E-state index < -0.39 is 0 Å². The van der Waals surface area contributed by atoms with Gasteiger partial charge < -0.3 is 9.64 Å². The molecule has 3 rings (SSSR count). The van der Waals surface area contributed by atoms with Crippen LogP contribution in [0.2, 0.25) is 0 Å². The van der Waals surface area contributed by atoms with E-state index in [1.165, 1.54) is 22.4 Å². The highest BCUT2D eigenvalue weighted by atomic mass is 16.5. The predicted octanol–water partition coefficient (Wildman–Crippen LogP) is 5.00. The molecule has 0 amide bonds. The van der Waals surface area contributed by atoms with Crippen molar-refractivity contribution in [3.63, 3.8) is 0 Å². The molecule has 0 saturated heterocycles. The SMILES string of the molecule is COc1ccc2c(c1)C(CC#N)=C(C)C2=Cc1ccc(N(C)C)cc1. The predicted molar refractivity (Wildman–Crippen MR) is 104 cm³/mol. The van der Waals surface area contributed by atoms with Crippen LogP contribution in [-0.2, 0) is 0 Å². The number of nitriles is 1. The largest absolute Gasteiger partial charge is 0.497 e. The van der Waals surface area contributed by atoms with Crippen LogP contribution in [0.4, 0.5) is 5.69 Å². The third-order valence-corrected chi connectivity index (χ3v) is 4.68. The van der Waals surface area contributed by atoms with E-state index in [-0.39, 0.29) is 0 Å². The third-order valence-electron chi connectivity index (χ3n) is 4.68.